The number of fused-ring (bicyclic) bond motifs is 1. The summed E-state index contributed by atoms with van der Waals surface area (Å²) in [4.78, 5) is 16.4. The largest absolute Gasteiger partial charge is 0.396 e. The van der Waals surface area contributed by atoms with Crippen LogP contribution in [0.5, 0.6) is 0 Å². The summed E-state index contributed by atoms with van der Waals surface area (Å²) >= 11 is 0. The van der Waals surface area contributed by atoms with E-state index in [9.17, 15) is 4.79 Å². The van der Waals surface area contributed by atoms with Crippen molar-refractivity contribution in [3.05, 3.63) is 34.1 Å². The van der Waals surface area contributed by atoms with Gasteiger partial charge in [0.1, 0.15) is 0 Å². The summed E-state index contributed by atoms with van der Waals surface area (Å²) in [6, 6.07) is 5.50. The number of anilines is 1. The van der Waals surface area contributed by atoms with Gasteiger partial charge in [-0.2, -0.15) is 4.68 Å². The quantitative estimate of drug-likeness (QED) is 0.542. The topological polar surface area (TPSA) is 93.2 Å². The van der Waals surface area contributed by atoms with Crippen molar-refractivity contribution in [2.24, 2.45) is 0 Å². The molecule has 0 unspecified atom stereocenters. The summed E-state index contributed by atoms with van der Waals surface area (Å²) in [6.45, 7) is 2.68. The van der Waals surface area contributed by atoms with Crippen LogP contribution in [0.25, 0.3) is 10.9 Å². The van der Waals surface area contributed by atoms with E-state index in [1.807, 2.05) is 19.1 Å². The molecule has 2 rings (SSSR count). The van der Waals surface area contributed by atoms with Crippen LogP contribution in [0.2, 0.25) is 0 Å². The highest BCUT2D eigenvalue weighted by Gasteiger charge is 2.08. The van der Waals surface area contributed by atoms with E-state index in [4.69, 9.17) is 10.9 Å². The van der Waals surface area contributed by atoms with Crippen molar-refractivity contribution in [2.75, 3.05) is 24.3 Å². The summed E-state index contributed by atoms with van der Waals surface area (Å²) in [5.41, 5.74) is 1.36. The van der Waals surface area contributed by atoms with E-state index in [1.54, 1.807) is 6.07 Å². The minimum atomic E-state index is -0.265. The van der Waals surface area contributed by atoms with Crippen molar-refractivity contribution >= 4 is 16.9 Å². The second-order valence-electron chi connectivity index (χ2n) is 4.49. The lowest BCUT2D eigenvalue weighted by molar-refractivity contribution is 0.286. The van der Waals surface area contributed by atoms with Gasteiger partial charge in [-0.3, -0.25) is 4.79 Å². The summed E-state index contributed by atoms with van der Waals surface area (Å²) in [7, 11) is 0. The molecule has 102 valence electrons. The third kappa shape index (κ3) is 2.85. The number of hydrogen-bond acceptors (Lipinski definition) is 5. The standard InChI is InChI=1S/C13H18N4O2/c1-9-4-5-11-10(8-9)12(19)17(14)13(16-11)15-6-2-3-7-18/h4-5,8,18H,2-3,6-7,14H2,1H3,(H,15,16). The molecule has 6 heteroatoms. The Labute approximate surface area is 110 Å². The fourth-order valence-electron chi connectivity index (χ4n) is 1.87. The van der Waals surface area contributed by atoms with Crippen LogP contribution in [0.3, 0.4) is 0 Å². The molecular formula is C13H18N4O2. The predicted molar refractivity (Wildman–Crippen MR) is 75.7 cm³/mol. The van der Waals surface area contributed by atoms with Crippen LogP contribution in [-0.2, 0) is 0 Å². The monoisotopic (exact) mass is 262 g/mol. The molecule has 1 aromatic heterocycles. The van der Waals surface area contributed by atoms with Crippen molar-refractivity contribution in [1.82, 2.24) is 9.66 Å². The molecule has 6 nitrogen and oxygen atoms in total. The van der Waals surface area contributed by atoms with E-state index in [-0.39, 0.29) is 12.2 Å². The zero-order chi connectivity index (χ0) is 13.8. The van der Waals surface area contributed by atoms with E-state index in [0.29, 0.717) is 29.8 Å². The molecule has 1 aromatic carbocycles. The molecule has 0 fully saturated rings. The molecule has 0 bridgehead atoms. The Balaban J connectivity index is 2.33. The van der Waals surface area contributed by atoms with Gasteiger partial charge < -0.3 is 16.3 Å². The molecule has 0 atom stereocenters. The number of aromatic nitrogens is 2. The maximum Gasteiger partial charge on any atom is 0.281 e. The molecular weight excluding hydrogens is 244 g/mol. The van der Waals surface area contributed by atoms with Crippen LogP contribution >= 0.6 is 0 Å². The Morgan fingerprint density at radius 3 is 2.95 bits per heavy atom. The lowest BCUT2D eigenvalue weighted by Gasteiger charge is -2.10. The highest BCUT2D eigenvalue weighted by atomic mass is 16.2. The highest BCUT2D eigenvalue weighted by Crippen LogP contribution is 2.12. The van der Waals surface area contributed by atoms with E-state index in [1.165, 1.54) is 0 Å². The number of nitrogens with one attached hydrogen (secondary N) is 1. The number of aliphatic hydroxyl groups excluding tert-OH is 1. The minimum Gasteiger partial charge on any atom is -0.396 e. The molecule has 0 aliphatic heterocycles. The average Bonchev–Trinajstić information content (AvgIpc) is 2.41. The summed E-state index contributed by atoms with van der Waals surface area (Å²) < 4.78 is 1.03. The zero-order valence-corrected chi connectivity index (χ0v) is 10.9. The van der Waals surface area contributed by atoms with Crippen molar-refractivity contribution < 1.29 is 5.11 Å². The van der Waals surface area contributed by atoms with Gasteiger partial charge in [-0.05, 0) is 31.9 Å². The Morgan fingerprint density at radius 2 is 2.21 bits per heavy atom. The Bertz CT molecular complexity index is 636. The molecule has 0 spiro atoms. The fourth-order valence-corrected chi connectivity index (χ4v) is 1.87. The van der Waals surface area contributed by atoms with Crippen molar-refractivity contribution in [3.8, 4) is 0 Å². The SMILES string of the molecule is Cc1ccc2nc(NCCCCO)n(N)c(=O)c2c1. The lowest BCUT2D eigenvalue weighted by Crippen LogP contribution is -2.31. The number of nitrogens with two attached hydrogens (primary N) is 1. The fraction of sp³-hybridized carbons (Fsp3) is 0.385. The number of aryl methyl sites for hydroxylation is 1. The van der Waals surface area contributed by atoms with E-state index >= 15 is 0 Å². The van der Waals surface area contributed by atoms with Gasteiger partial charge in [-0.15, -0.1) is 0 Å². The van der Waals surface area contributed by atoms with Gasteiger partial charge in [0.2, 0.25) is 5.95 Å². The van der Waals surface area contributed by atoms with Gasteiger partial charge in [0.15, 0.2) is 0 Å². The molecule has 0 saturated carbocycles. The molecule has 0 aliphatic carbocycles. The minimum absolute atomic E-state index is 0.154. The van der Waals surface area contributed by atoms with Crippen molar-refractivity contribution in [2.45, 2.75) is 19.8 Å². The van der Waals surface area contributed by atoms with Crippen molar-refractivity contribution in [1.29, 1.82) is 0 Å². The number of nitrogen functional groups attached to an aromatic ring is 1. The predicted octanol–water partition coefficient (Wildman–Crippen LogP) is 0.603. The number of nitrogens with zero attached hydrogens (tertiary/aromatic N) is 2. The first-order chi connectivity index (χ1) is 9.13. The van der Waals surface area contributed by atoms with E-state index in [0.717, 1.165) is 16.7 Å². The number of benzene rings is 1. The molecule has 0 radical (unpaired) electrons. The first-order valence-electron chi connectivity index (χ1n) is 6.26. The van der Waals surface area contributed by atoms with Crippen molar-refractivity contribution in [3.63, 3.8) is 0 Å². The lowest BCUT2D eigenvalue weighted by atomic mass is 10.2. The molecule has 2 aromatic rings. The highest BCUT2D eigenvalue weighted by molar-refractivity contribution is 5.79. The zero-order valence-electron chi connectivity index (χ0n) is 10.9. The third-order valence-electron chi connectivity index (χ3n) is 2.92. The molecule has 0 amide bonds. The average molecular weight is 262 g/mol. The Kier molecular flexibility index (Phi) is 4.01. The second kappa shape index (κ2) is 5.71. The summed E-state index contributed by atoms with van der Waals surface area (Å²) in [5, 5.41) is 12.2. The first kappa shape index (κ1) is 13.4. The van der Waals surface area contributed by atoms with Gasteiger partial charge >= 0.3 is 0 Å². The van der Waals surface area contributed by atoms with E-state index < -0.39 is 0 Å². The Hall–Kier alpha value is -2.08. The van der Waals surface area contributed by atoms with Gasteiger partial charge in [0.25, 0.3) is 5.56 Å². The number of hydrogen-bond donors (Lipinski definition) is 3. The van der Waals surface area contributed by atoms with Crippen LogP contribution in [-0.4, -0.2) is 27.9 Å². The van der Waals surface area contributed by atoms with Gasteiger partial charge in [-0.25, -0.2) is 4.98 Å². The molecule has 19 heavy (non-hydrogen) atoms. The first-order valence-corrected chi connectivity index (χ1v) is 6.26. The normalized spacial score (nSPS) is 10.8. The molecule has 0 saturated heterocycles. The van der Waals surface area contributed by atoms with Crippen LogP contribution in [0.4, 0.5) is 5.95 Å². The third-order valence-corrected chi connectivity index (χ3v) is 2.92. The summed E-state index contributed by atoms with van der Waals surface area (Å²) in [6.07, 6.45) is 1.49. The number of aliphatic hydroxyl groups is 1. The van der Waals surface area contributed by atoms with Crippen LogP contribution in [0.1, 0.15) is 18.4 Å². The maximum atomic E-state index is 12.1. The van der Waals surface area contributed by atoms with Gasteiger partial charge in [-0.1, -0.05) is 11.6 Å². The molecule has 1 heterocycles. The molecule has 0 aliphatic rings. The maximum absolute atomic E-state index is 12.1. The van der Waals surface area contributed by atoms with Gasteiger partial charge in [0.05, 0.1) is 10.9 Å². The smallest absolute Gasteiger partial charge is 0.281 e. The van der Waals surface area contributed by atoms with Crippen LogP contribution < -0.4 is 16.7 Å². The van der Waals surface area contributed by atoms with E-state index in [2.05, 4.69) is 10.3 Å². The number of rotatable bonds is 5. The van der Waals surface area contributed by atoms with Crippen LogP contribution in [0, 0.1) is 6.92 Å². The Morgan fingerprint density at radius 1 is 1.42 bits per heavy atom. The summed E-state index contributed by atoms with van der Waals surface area (Å²) in [5.74, 6) is 6.09. The van der Waals surface area contributed by atoms with Crippen LogP contribution in [0.15, 0.2) is 23.0 Å². The van der Waals surface area contributed by atoms with Gasteiger partial charge in [0, 0.05) is 13.2 Å². The molecule has 4 N–H and O–H groups in total. The number of unbranched alkanes of at least 4 members (excludes halogenated alkanes) is 1. The second-order valence-corrected chi connectivity index (χ2v) is 4.49.